The zero-order valence-corrected chi connectivity index (χ0v) is 15.1. The van der Waals surface area contributed by atoms with Crippen LogP contribution in [0.1, 0.15) is 37.3 Å². The van der Waals surface area contributed by atoms with Gasteiger partial charge in [-0.25, -0.2) is 4.39 Å². The highest BCUT2D eigenvalue weighted by Gasteiger charge is 2.18. The highest BCUT2D eigenvalue weighted by atomic mass is 19.1. The summed E-state index contributed by atoms with van der Waals surface area (Å²) in [6.07, 6.45) is 0.869. The minimum Gasteiger partial charge on any atom is -0.494 e. The summed E-state index contributed by atoms with van der Waals surface area (Å²) in [5.41, 5.74) is 3.91. The number of aliphatic carboxylic acids is 1. The lowest BCUT2D eigenvalue weighted by atomic mass is 9.95. The molecule has 136 valence electrons. The van der Waals surface area contributed by atoms with E-state index in [1.54, 1.807) is 12.1 Å². The SMILES string of the molecule is CCC(C)c1ccc2[nH]c(-c3ccc(OC)c(F)c3)c(CC(=O)O)c2c1. The van der Waals surface area contributed by atoms with E-state index in [1.807, 2.05) is 12.1 Å². The van der Waals surface area contributed by atoms with Gasteiger partial charge in [0.2, 0.25) is 0 Å². The molecule has 0 aliphatic rings. The molecule has 0 spiro atoms. The molecule has 1 heterocycles. The van der Waals surface area contributed by atoms with Crippen LogP contribution in [0, 0.1) is 5.82 Å². The zero-order valence-electron chi connectivity index (χ0n) is 15.1. The summed E-state index contributed by atoms with van der Waals surface area (Å²) in [4.78, 5) is 14.7. The molecule has 3 aromatic rings. The molecule has 0 radical (unpaired) electrons. The van der Waals surface area contributed by atoms with Gasteiger partial charge in [0.1, 0.15) is 0 Å². The van der Waals surface area contributed by atoms with Crippen LogP contribution in [0.2, 0.25) is 0 Å². The monoisotopic (exact) mass is 355 g/mol. The number of carbonyl (C=O) groups is 1. The Morgan fingerprint density at radius 2 is 2.04 bits per heavy atom. The Kier molecular flexibility index (Phi) is 4.98. The number of H-pyrrole nitrogens is 1. The smallest absolute Gasteiger partial charge is 0.307 e. The van der Waals surface area contributed by atoms with Crippen molar-refractivity contribution >= 4 is 16.9 Å². The van der Waals surface area contributed by atoms with Gasteiger partial charge in [-0.2, -0.15) is 0 Å². The average Bonchev–Trinajstić information content (AvgIpc) is 2.98. The van der Waals surface area contributed by atoms with Crippen molar-refractivity contribution in [3.8, 4) is 17.0 Å². The summed E-state index contributed by atoms with van der Waals surface area (Å²) >= 11 is 0. The molecule has 4 nitrogen and oxygen atoms in total. The molecular weight excluding hydrogens is 333 g/mol. The third kappa shape index (κ3) is 3.29. The number of ether oxygens (including phenoxy) is 1. The molecule has 0 fully saturated rings. The zero-order chi connectivity index (χ0) is 18.8. The molecule has 1 aromatic heterocycles. The van der Waals surface area contributed by atoms with Crippen LogP contribution in [0.15, 0.2) is 36.4 Å². The molecule has 0 bridgehead atoms. The average molecular weight is 355 g/mol. The fourth-order valence-corrected chi connectivity index (χ4v) is 3.21. The molecule has 26 heavy (non-hydrogen) atoms. The molecule has 0 aliphatic heterocycles. The van der Waals surface area contributed by atoms with E-state index >= 15 is 0 Å². The van der Waals surface area contributed by atoms with Gasteiger partial charge in [-0.05, 0) is 53.8 Å². The highest BCUT2D eigenvalue weighted by Crippen LogP contribution is 2.34. The Bertz CT molecular complexity index is 961. The number of carboxylic acid groups (broad SMARTS) is 1. The number of aromatic amines is 1. The van der Waals surface area contributed by atoms with Gasteiger partial charge in [0.05, 0.1) is 19.2 Å². The van der Waals surface area contributed by atoms with Crippen LogP contribution in [0.3, 0.4) is 0 Å². The van der Waals surface area contributed by atoms with Crippen LogP contribution in [-0.2, 0) is 11.2 Å². The van der Waals surface area contributed by atoms with Crippen LogP contribution in [0.5, 0.6) is 5.75 Å². The normalized spacial score (nSPS) is 12.3. The van der Waals surface area contributed by atoms with Gasteiger partial charge in [-0.1, -0.05) is 19.9 Å². The molecule has 3 rings (SSSR count). The predicted molar refractivity (Wildman–Crippen MR) is 100 cm³/mol. The molecule has 2 aromatic carbocycles. The number of hydrogen-bond donors (Lipinski definition) is 2. The van der Waals surface area contributed by atoms with Crippen molar-refractivity contribution in [2.45, 2.75) is 32.6 Å². The maximum atomic E-state index is 14.1. The Balaban J connectivity index is 2.20. The number of nitrogens with one attached hydrogen (secondary N) is 1. The first-order valence-electron chi connectivity index (χ1n) is 8.64. The maximum Gasteiger partial charge on any atom is 0.307 e. The lowest BCUT2D eigenvalue weighted by Crippen LogP contribution is -2.01. The first kappa shape index (κ1) is 18.0. The Morgan fingerprint density at radius 3 is 2.65 bits per heavy atom. The van der Waals surface area contributed by atoms with E-state index in [9.17, 15) is 14.3 Å². The van der Waals surface area contributed by atoms with Gasteiger partial charge in [0.25, 0.3) is 0 Å². The number of rotatable bonds is 6. The molecular formula is C21H22FNO3. The number of carboxylic acids is 1. The second-order valence-corrected chi connectivity index (χ2v) is 6.51. The fraction of sp³-hybridized carbons (Fsp3) is 0.286. The van der Waals surface area contributed by atoms with Gasteiger partial charge < -0.3 is 14.8 Å². The third-order valence-electron chi connectivity index (χ3n) is 4.88. The van der Waals surface area contributed by atoms with Crippen LogP contribution in [-0.4, -0.2) is 23.2 Å². The van der Waals surface area contributed by atoms with E-state index in [4.69, 9.17) is 4.74 Å². The van der Waals surface area contributed by atoms with Crippen molar-refractivity contribution in [1.82, 2.24) is 4.98 Å². The second kappa shape index (κ2) is 7.20. The van der Waals surface area contributed by atoms with E-state index in [0.717, 1.165) is 22.9 Å². The third-order valence-corrected chi connectivity index (χ3v) is 4.88. The maximum absolute atomic E-state index is 14.1. The number of hydrogen-bond acceptors (Lipinski definition) is 2. The summed E-state index contributed by atoms with van der Waals surface area (Å²) in [5, 5.41) is 10.2. The quantitative estimate of drug-likeness (QED) is 0.645. The molecule has 0 aliphatic carbocycles. The van der Waals surface area contributed by atoms with E-state index in [1.165, 1.54) is 13.2 Å². The Labute approximate surface area is 151 Å². The molecule has 5 heteroatoms. The van der Waals surface area contributed by atoms with Gasteiger partial charge in [0.15, 0.2) is 11.6 Å². The van der Waals surface area contributed by atoms with Gasteiger partial charge in [-0.15, -0.1) is 0 Å². The summed E-state index contributed by atoms with van der Waals surface area (Å²) in [5.74, 6) is -0.863. The Morgan fingerprint density at radius 1 is 1.27 bits per heavy atom. The first-order valence-corrected chi connectivity index (χ1v) is 8.64. The van der Waals surface area contributed by atoms with Crippen molar-refractivity contribution in [3.63, 3.8) is 0 Å². The van der Waals surface area contributed by atoms with Crippen LogP contribution in [0.25, 0.3) is 22.2 Å². The summed E-state index contributed by atoms with van der Waals surface area (Å²) in [6.45, 7) is 4.26. The number of halogens is 1. The fourth-order valence-electron chi connectivity index (χ4n) is 3.21. The van der Waals surface area contributed by atoms with E-state index in [2.05, 4.69) is 24.9 Å². The topological polar surface area (TPSA) is 62.3 Å². The standard InChI is InChI=1S/C21H22FNO3/c1-4-12(2)13-5-7-18-15(9-13)16(11-20(24)25)21(23-18)14-6-8-19(26-3)17(22)10-14/h5-10,12,23H,4,11H2,1-3H3,(H,24,25). The van der Waals surface area contributed by atoms with Crippen molar-refractivity contribution in [1.29, 1.82) is 0 Å². The number of fused-ring (bicyclic) bond motifs is 1. The molecule has 0 saturated carbocycles. The molecule has 0 saturated heterocycles. The predicted octanol–water partition coefficient (Wildman–Crippen LogP) is 5.12. The molecule has 1 unspecified atom stereocenters. The van der Waals surface area contributed by atoms with Gasteiger partial charge >= 0.3 is 5.97 Å². The second-order valence-electron chi connectivity index (χ2n) is 6.51. The van der Waals surface area contributed by atoms with Gasteiger partial charge in [-0.3, -0.25) is 4.79 Å². The Hall–Kier alpha value is -2.82. The van der Waals surface area contributed by atoms with Crippen molar-refractivity contribution in [2.75, 3.05) is 7.11 Å². The minimum absolute atomic E-state index is 0.132. The molecule has 0 amide bonds. The first-order chi connectivity index (χ1) is 12.4. The van der Waals surface area contributed by atoms with E-state index in [-0.39, 0.29) is 12.2 Å². The van der Waals surface area contributed by atoms with Crippen molar-refractivity contribution in [3.05, 3.63) is 53.3 Å². The summed E-state index contributed by atoms with van der Waals surface area (Å²) in [6, 6.07) is 10.7. The molecule has 1 atom stereocenters. The van der Waals surface area contributed by atoms with Gasteiger partial charge in [0, 0.05) is 16.5 Å². The van der Waals surface area contributed by atoms with Crippen molar-refractivity contribution in [2.24, 2.45) is 0 Å². The van der Waals surface area contributed by atoms with Crippen molar-refractivity contribution < 1.29 is 19.0 Å². The number of aromatic nitrogens is 1. The van der Waals surface area contributed by atoms with Crippen LogP contribution < -0.4 is 4.74 Å². The minimum atomic E-state index is -0.921. The highest BCUT2D eigenvalue weighted by molar-refractivity contribution is 5.94. The summed E-state index contributed by atoms with van der Waals surface area (Å²) in [7, 11) is 1.41. The van der Waals surface area contributed by atoms with Crippen LogP contribution >= 0.6 is 0 Å². The summed E-state index contributed by atoms with van der Waals surface area (Å²) < 4.78 is 19.1. The van der Waals surface area contributed by atoms with Crippen LogP contribution in [0.4, 0.5) is 4.39 Å². The molecule has 2 N–H and O–H groups in total. The number of methoxy groups -OCH3 is 1. The largest absolute Gasteiger partial charge is 0.494 e. The number of benzene rings is 2. The van der Waals surface area contributed by atoms with E-state index in [0.29, 0.717) is 22.7 Å². The van der Waals surface area contributed by atoms with E-state index < -0.39 is 11.8 Å². The lowest BCUT2D eigenvalue weighted by molar-refractivity contribution is -0.136. The lowest BCUT2D eigenvalue weighted by Gasteiger charge is -2.09.